The summed E-state index contributed by atoms with van der Waals surface area (Å²) in [6.45, 7) is 7.46. The lowest BCUT2D eigenvalue weighted by molar-refractivity contribution is 0.0342. The number of methoxy groups -OCH3 is 1. The summed E-state index contributed by atoms with van der Waals surface area (Å²) < 4.78 is 15.9. The van der Waals surface area contributed by atoms with E-state index in [0.29, 0.717) is 56.7 Å². The van der Waals surface area contributed by atoms with Gasteiger partial charge in [0.1, 0.15) is 6.26 Å². The van der Waals surface area contributed by atoms with Crippen LogP contribution in [0.5, 0.6) is 0 Å². The van der Waals surface area contributed by atoms with Gasteiger partial charge in [-0.05, 0) is 24.1 Å². The van der Waals surface area contributed by atoms with Crippen LogP contribution in [0, 0.1) is 0 Å². The number of rotatable bonds is 11. The molecule has 0 atom stereocenters. The third-order valence-electron chi connectivity index (χ3n) is 5.30. The number of aromatic nitrogens is 1. The first-order chi connectivity index (χ1) is 16.0. The van der Waals surface area contributed by atoms with Crippen molar-refractivity contribution in [1.29, 1.82) is 0 Å². The molecule has 0 bridgehead atoms. The number of benzene rings is 1. The van der Waals surface area contributed by atoms with Crippen molar-refractivity contribution in [2.75, 3.05) is 70.4 Å². The van der Waals surface area contributed by atoms with Gasteiger partial charge in [0.05, 0.1) is 31.1 Å². The first-order valence-corrected chi connectivity index (χ1v) is 11.2. The zero-order chi connectivity index (χ0) is 23.6. The molecule has 1 saturated heterocycles. The predicted octanol–water partition coefficient (Wildman–Crippen LogP) is 1.98. The molecule has 0 unspecified atom stereocenters. The van der Waals surface area contributed by atoms with Crippen LogP contribution in [0.15, 0.2) is 28.9 Å². The van der Waals surface area contributed by atoms with Crippen LogP contribution in [0.3, 0.4) is 0 Å². The van der Waals surface area contributed by atoms with E-state index in [1.807, 2.05) is 19.1 Å². The molecule has 2 aromatic rings. The van der Waals surface area contributed by atoms with Gasteiger partial charge in [-0.3, -0.25) is 14.5 Å². The van der Waals surface area contributed by atoms with Gasteiger partial charge in [-0.2, -0.15) is 4.98 Å². The van der Waals surface area contributed by atoms with E-state index in [-0.39, 0.29) is 11.6 Å². The SMILES string of the molecule is CCCNC(=O)c1cc(CN2CCOCC2)ccc1NC(=O)c1coc(N(C)CCOC)n1. The number of carbonyl (C=O) groups is 2. The molecule has 33 heavy (non-hydrogen) atoms. The highest BCUT2D eigenvalue weighted by atomic mass is 16.5. The number of oxazole rings is 1. The van der Waals surface area contributed by atoms with Crippen LogP contribution in [0.25, 0.3) is 0 Å². The highest BCUT2D eigenvalue weighted by Crippen LogP contribution is 2.21. The maximum Gasteiger partial charge on any atom is 0.297 e. The summed E-state index contributed by atoms with van der Waals surface area (Å²) in [5.74, 6) is -0.674. The summed E-state index contributed by atoms with van der Waals surface area (Å²) in [5, 5.41) is 5.71. The summed E-state index contributed by atoms with van der Waals surface area (Å²) in [6.07, 6.45) is 2.12. The Labute approximate surface area is 194 Å². The molecule has 10 nitrogen and oxygen atoms in total. The smallest absolute Gasteiger partial charge is 0.297 e. The van der Waals surface area contributed by atoms with Crippen molar-refractivity contribution in [1.82, 2.24) is 15.2 Å². The number of likely N-dealkylation sites (N-methyl/N-ethyl adjacent to an activating group) is 1. The second kappa shape index (κ2) is 12.3. The van der Waals surface area contributed by atoms with Crippen molar-refractivity contribution >= 4 is 23.5 Å². The van der Waals surface area contributed by atoms with E-state index in [1.165, 1.54) is 6.26 Å². The van der Waals surface area contributed by atoms with Crippen molar-refractivity contribution in [3.63, 3.8) is 0 Å². The molecule has 0 spiro atoms. The molecule has 2 amide bonds. The van der Waals surface area contributed by atoms with Crippen LogP contribution >= 0.6 is 0 Å². The van der Waals surface area contributed by atoms with Gasteiger partial charge >= 0.3 is 0 Å². The molecule has 0 aliphatic carbocycles. The van der Waals surface area contributed by atoms with E-state index in [4.69, 9.17) is 13.9 Å². The summed E-state index contributed by atoms with van der Waals surface area (Å²) in [5.41, 5.74) is 1.98. The largest absolute Gasteiger partial charge is 0.431 e. The zero-order valence-corrected chi connectivity index (χ0v) is 19.6. The van der Waals surface area contributed by atoms with Crippen LogP contribution in [0.4, 0.5) is 11.7 Å². The number of amides is 2. The monoisotopic (exact) mass is 459 g/mol. The minimum absolute atomic E-state index is 0.131. The summed E-state index contributed by atoms with van der Waals surface area (Å²) in [7, 11) is 3.42. The van der Waals surface area contributed by atoms with Crippen molar-refractivity contribution in [3.8, 4) is 0 Å². The summed E-state index contributed by atoms with van der Waals surface area (Å²) >= 11 is 0. The molecule has 1 aliphatic rings. The van der Waals surface area contributed by atoms with Gasteiger partial charge in [-0.25, -0.2) is 0 Å². The van der Waals surface area contributed by atoms with Gasteiger partial charge in [0.15, 0.2) is 5.69 Å². The Kier molecular flexibility index (Phi) is 9.23. The highest BCUT2D eigenvalue weighted by molar-refractivity contribution is 6.08. The van der Waals surface area contributed by atoms with E-state index in [9.17, 15) is 9.59 Å². The first-order valence-electron chi connectivity index (χ1n) is 11.2. The molecule has 3 rings (SSSR count). The third kappa shape index (κ3) is 7.01. The topological polar surface area (TPSA) is 109 Å². The van der Waals surface area contributed by atoms with Gasteiger partial charge in [-0.15, -0.1) is 0 Å². The third-order valence-corrected chi connectivity index (χ3v) is 5.30. The Morgan fingerprint density at radius 1 is 1.24 bits per heavy atom. The minimum Gasteiger partial charge on any atom is -0.431 e. The maximum absolute atomic E-state index is 12.8. The normalized spacial score (nSPS) is 14.2. The molecule has 1 fully saturated rings. The van der Waals surface area contributed by atoms with E-state index < -0.39 is 5.91 Å². The van der Waals surface area contributed by atoms with Crippen molar-refractivity contribution in [2.24, 2.45) is 0 Å². The zero-order valence-electron chi connectivity index (χ0n) is 19.6. The second-order valence-electron chi connectivity index (χ2n) is 7.91. The average Bonchev–Trinajstić information content (AvgIpc) is 3.33. The fraction of sp³-hybridized carbons (Fsp3) is 0.522. The van der Waals surface area contributed by atoms with E-state index in [1.54, 1.807) is 25.1 Å². The number of anilines is 2. The Morgan fingerprint density at radius 3 is 2.76 bits per heavy atom. The number of nitrogens with zero attached hydrogens (tertiary/aromatic N) is 3. The van der Waals surface area contributed by atoms with E-state index in [0.717, 1.165) is 25.1 Å². The number of hydrogen-bond donors (Lipinski definition) is 2. The second-order valence-corrected chi connectivity index (χ2v) is 7.91. The number of carbonyl (C=O) groups excluding carboxylic acids is 2. The summed E-state index contributed by atoms with van der Waals surface area (Å²) in [4.78, 5) is 33.9. The first kappa shape index (κ1) is 24.7. The lowest BCUT2D eigenvalue weighted by atomic mass is 10.1. The van der Waals surface area contributed by atoms with Gasteiger partial charge in [0.2, 0.25) is 0 Å². The quantitative estimate of drug-likeness (QED) is 0.525. The number of nitrogens with one attached hydrogen (secondary N) is 2. The van der Waals surface area contributed by atoms with Gasteiger partial charge < -0.3 is 29.4 Å². The fourth-order valence-corrected chi connectivity index (χ4v) is 3.39. The summed E-state index contributed by atoms with van der Waals surface area (Å²) in [6, 6.07) is 5.84. The molecule has 10 heteroatoms. The van der Waals surface area contributed by atoms with Crippen molar-refractivity contribution in [2.45, 2.75) is 19.9 Å². The standard InChI is InChI=1S/C23H33N5O5/c1-4-7-24-21(29)18-14-17(15-28-9-12-32-13-10-28)5-6-19(18)25-22(30)20-16-33-23(26-20)27(2)8-11-31-3/h5-6,14,16H,4,7-13,15H2,1-3H3,(H,24,29)(H,25,30). The predicted molar refractivity (Wildman–Crippen MR) is 125 cm³/mol. The van der Waals surface area contributed by atoms with E-state index >= 15 is 0 Å². The molecule has 2 heterocycles. The van der Waals surface area contributed by atoms with Crippen molar-refractivity contribution in [3.05, 3.63) is 41.3 Å². The molecule has 2 N–H and O–H groups in total. The molecule has 1 aromatic carbocycles. The molecule has 0 saturated carbocycles. The highest BCUT2D eigenvalue weighted by Gasteiger charge is 2.19. The Bertz CT molecular complexity index is 926. The number of ether oxygens (including phenoxy) is 2. The van der Waals surface area contributed by atoms with Crippen LogP contribution in [-0.2, 0) is 16.0 Å². The van der Waals surface area contributed by atoms with Gasteiger partial charge in [-0.1, -0.05) is 13.0 Å². The number of morpholine rings is 1. The average molecular weight is 460 g/mol. The molecule has 1 aromatic heterocycles. The molecular weight excluding hydrogens is 426 g/mol. The van der Waals surface area contributed by atoms with Crippen LogP contribution < -0.4 is 15.5 Å². The van der Waals surface area contributed by atoms with Gasteiger partial charge in [0.25, 0.3) is 17.8 Å². The lowest BCUT2D eigenvalue weighted by Gasteiger charge is -2.26. The fourth-order valence-electron chi connectivity index (χ4n) is 3.39. The minimum atomic E-state index is -0.449. The van der Waals surface area contributed by atoms with Crippen LogP contribution in [0.2, 0.25) is 0 Å². The van der Waals surface area contributed by atoms with Crippen LogP contribution in [-0.4, -0.2) is 81.9 Å². The van der Waals surface area contributed by atoms with Crippen molar-refractivity contribution < 1.29 is 23.5 Å². The lowest BCUT2D eigenvalue weighted by Crippen LogP contribution is -2.35. The molecule has 1 aliphatic heterocycles. The Hall–Kier alpha value is -2.95. The maximum atomic E-state index is 12.8. The number of hydrogen-bond acceptors (Lipinski definition) is 8. The molecular formula is C23H33N5O5. The Morgan fingerprint density at radius 2 is 2.03 bits per heavy atom. The van der Waals surface area contributed by atoms with Crippen LogP contribution in [0.1, 0.15) is 39.8 Å². The molecule has 0 radical (unpaired) electrons. The van der Waals surface area contributed by atoms with E-state index in [2.05, 4.69) is 20.5 Å². The molecule has 180 valence electrons. The Balaban J connectivity index is 1.75. The van der Waals surface area contributed by atoms with Gasteiger partial charge in [0, 0.05) is 46.9 Å².